The molecular formula is C16H16N2O5S. The number of thiazole rings is 1. The van der Waals surface area contributed by atoms with Gasteiger partial charge in [0, 0.05) is 18.4 Å². The summed E-state index contributed by atoms with van der Waals surface area (Å²) in [6, 6.07) is 6.58. The van der Waals surface area contributed by atoms with Crippen LogP contribution < -0.4 is 10.1 Å². The van der Waals surface area contributed by atoms with Crippen LogP contribution in [0.1, 0.15) is 33.6 Å². The van der Waals surface area contributed by atoms with Crippen molar-refractivity contribution in [3.8, 4) is 5.75 Å². The maximum absolute atomic E-state index is 12.3. The van der Waals surface area contributed by atoms with Crippen LogP contribution in [0.4, 0.5) is 5.69 Å². The van der Waals surface area contributed by atoms with Gasteiger partial charge in [0.1, 0.15) is 21.7 Å². The molecule has 1 fully saturated rings. The number of nitrogens with one attached hydrogen (secondary N) is 1. The van der Waals surface area contributed by atoms with Crippen molar-refractivity contribution < 1.29 is 24.2 Å². The number of carboxylic acid groups (broad SMARTS) is 1. The zero-order valence-electron chi connectivity index (χ0n) is 12.7. The van der Waals surface area contributed by atoms with Crippen LogP contribution in [0.2, 0.25) is 0 Å². The number of carboxylic acids is 1. The Hall–Kier alpha value is -2.45. The highest BCUT2D eigenvalue weighted by atomic mass is 32.1. The Balaban J connectivity index is 1.64. The zero-order valence-corrected chi connectivity index (χ0v) is 13.5. The van der Waals surface area contributed by atoms with Crippen LogP contribution >= 0.6 is 11.3 Å². The van der Waals surface area contributed by atoms with Crippen LogP contribution in [0.25, 0.3) is 0 Å². The van der Waals surface area contributed by atoms with E-state index in [1.807, 2.05) is 0 Å². The minimum absolute atomic E-state index is 0.00991. The normalized spacial score (nSPS) is 16.8. The number of benzene rings is 1. The monoisotopic (exact) mass is 348 g/mol. The van der Waals surface area contributed by atoms with Crippen LogP contribution in [0.15, 0.2) is 30.5 Å². The molecule has 1 amide bonds. The Bertz CT molecular complexity index is 740. The number of carbonyl (C=O) groups excluding carboxylic acids is 1. The predicted octanol–water partition coefficient (Wildman–Crippen LogP) is 2.71. The van der Waals surface area contributed by atoms with Crippen LogP contribution in [0.5, 0.6) is 5.75 Å². The second-order valence-corrected chi connectivity index (χ2v) is 6.29. The summed E-state index contributed by atoms with van der Waals surface area (Å²) in [4.78, 5) is 27.6. The first-order valence-corrected chi connectivity index (χ1v) is 8.27. The van der Waals surface area contributed by atoms with Crippen molar-refractivity contribution in [1.82, 2.24) is 4.98 Å². The summed E-state index contributed by atoms with van der Waals surface area (Å²) in [6.07, 6.45) is 3.47. The van der Waals surface area contributed by atoms with Crippen molar-refractivity contribution in [2.45, 2.75) is 18.9 Å². The minimum Gasteiger partial charge on any atom is -0.482 e. The fourth-order valence-electron chi connectivity index (χ4n) is 2.32. The topological polar surface area (TPSA) is 97.8 Å². The van der Waals surface area contributed by atoms with E-state index in [0.717, 1.165) is 24.5 Å². The Morgan fingerprint density at radius 2 is 2.33 bits per heavy atom. The molecule has 7 nitrogen and oxygen atoms in total. The van der Waals surface area contributed by atoms with Gasteiger partial charge < -0.3 is 19.9 Å². The standard InChI is InChI=1S/C16H16N2O5S/c19-14(20)9-23-11-4-1-3-10(7-11)18-15(21)13-8-17-16(24-13)12-5-2-6-22-12/h1,3-4,7-8,12H,2,5-6,9H2,(H,18,21)(H,19,20). The van der Waals surface area contributed by atoms with Gasteiger partial charge in [0.25, 0.3) is 5.91 Å². The number of aliphatic carboxylic acids is 1. The molecule has 3 rings (SSSR count). The van der Waals surface area contributed by atoms with E-state index < -0.39 is 12.6 Å². The number of ether oxygens (including phenoxy) is 2. The van der Waals surface area contributed by atoms with E-state index in [0.29, 0.717) is 16.3 Å². The molecule has 1 unspecified atom stereocenters. The summed E-state index contributed by atoms with van der Waals surface area (Å²) in [5, 5.41) is 12.2. The molecule has 0 spiro atoms. The Morgan fingerprint density at radius 1 is 1.46 bits per heavy atom. The number of aromatic nitrogens is 1. The van der Waals surface area contributed by atoms with E-state index in [9.17, 15) is 9.59 Å². The highest BCUT2D eigenvalue weighted by Crippen LogP contribution is 2.31. The highest BCUT2D eigenvalue weighted by molar-refractivity contribution is 7.13. The summed E-state index contributed by atoms with van der Waals surface area (Å²) >= 11 is 1.32. The SMILES string of the molecule is O=C(O)COc1cccc(NC(=O)c2cnc(C3CCCO3)s2)c1. The second kappa shape index (κ2) is 7.41. The maximum Gasteiger partial charge on any atom is 0.341 e. The number of amides is 1. The van der Waals surface area contributed by atoms with Gasteiger partial charge >= 0.3 is 5.97 Å². The molecule has 2 heterocycles. The molecule has 0 aliphatic carbocycles. The van der Waals surface area contributed by atoms with Gasteiger partial charge in [0.15, 0.2) is 6.61 Å². The zero-order chi connectivity index (χ0) is 16.9. The fraction of sp³-hybridized carbons (Fsp3) is 0.312. The molecule has 0 radical (unpaired) electrons. The van der Waals surface area contributed by atoms with Crippen LogP contribution in [-0.2, 0) is 9.53 Å². The van der Waals surface area contributed by atoms with Gasteiger partial charge in [-0.15, -0.1) is 11.3 Å². The summed E-state index contributed by atoms with van der Waals surface area (Å²) in [5.74, 6) is -0.956. The van der Waals surface area contributed by atoms with Crippen LogP contribution in [0.3, 0.4) is 0 Å². The molecular weight excluding hydrogens is 332 g/mol. The Kier molecular flexibility index (Phi) is 5.07. The van der Waals surface area contributed by atoms with Gasteiger partial charge in [-0.2, -0.15) is 0 Å². The maximum atomic E-state index is 12.3. The summed E-state index contributed by atoms with van der Waals surface area (Å²) in [6.45, 7) is 0.298. The van der Waals surface area contributed by atoms with Gasteiger partial charge in [-0.1, -0.05) is 6.07 Å². The van der Waals surface area contributed by atoms with E-state index in [4.69, 9.17) is 14.6 Å². The summed E-state index contributed by atoms with van der Waals surface area (Å²) in [5.41, 5.74) is 0.523. The lowest BCUT2D eigenvalue weighted by atomic mass is 10.2. The number of carbonyl (C=O) groups is 2. The van der Waals surface area contributed by atoms with Gasteiger partial charge in [0.05, 0.1) is 6.20 Å². The lowest BCUT2D eigenvalue weighted by Gasteiger charge is -2.07. The molecule has 8 heteroatoms. The molecule has 2 N–H and O–H groups in total. The third-order valence-electron chi connectivity index (χ3n) is 3.41. The molecule has 1 saturated heterocycles. The molecule has 0 bridgehead atoms. The van der Waals surface area contributed by atoms with Crippen molar-refractivity contribution in [2.24, 2.45) is 0 Å². The number of hydrogen-bond donors (Lipinski definition) is 2. The molecule has 2 aromatic rings. The highest BCUT2D eigenvalue weighted by Gasteiger charge is 2.22. The Morgan fingerprint density at radius 3 is 3.08 bits per heavy atom. The van der Waals surface area contributed by atoms with Crippen LogP contribution in [-0.4, -0.2) is 35.2 Å². The lowest BCUT2D eigenvalue weighted by molar-refractivity contribution is -0.139. The first-order valence-electron chi connectivity index (χ1n) is 7.45. The fourth-order valence-corrected chi connectivity index (χ4v) is 3.21. The van der Waals surface area contributed by atoms with E-state index in [1.54, 1.807) is 30.5 Å². The van der Waals surface area contributed by atoms with Crippen molar-refractivity contribution in [3.63, 3.8) is 0 Å². The number of rotatable bonds is 6. The molecule has 24 heavy (non-hydrogen) atoms. The smallest absolute Gasteiger partial charge is 0.341 e. The van der Waals surface area contributed by atoms with Crippen molar-refractivity contribution in [2.75, 3.05) is 18.5 Å². The van der Waals surface area contributed by atoms with E-state index in [-0.39, 0.29) is 12.0 Å². The van der Waals surface area contributed by atoms with Gasteiger partial charge in [-0.25, -0.2) is 9.78 Å². The van der Waals surface area contributed by atoms with E-state index in [1.165, 1.54) is 11.3 Å². The largest absolute Gasteiger partial charge is 0.482 e. The van der Waals surface area contributed by atoms with Gasteiger partial charge in [-0.05, 0) is 25.0 Å². The third kappa shape index (κ3) is 4.09. The quantitative estimate of drug-likeness (QED) is 0.833. The molecule has 1 atom stereocenters. The van der Waals surface area contributed by atoms with E-state index >= 15 is 0 Å². The molecule has 0 saturated carbocycles. The second-order valence-electron chi connectivity index (χ2n) is 5.23. The molecule has 1 aromatic carbocycles. The number of hydrogen-bond acceptors (Lipinski definition) is 6. The molecule has 1 aliphatic heterocycles. The van der Waals surface area contributed by atoms with Crippen molar-refractivity contribution in [1.29, 1.82) is 0 Å². The predicted molar refractivity (Wildman–Crippen MR) is 87.6 cm³/mol. The first kappa shape index (κ1) is 16.4. The van der Waals surface area contributed by atoms with E-state index in [2.05, 4.69) is 10.3 Å². The summed E-state index contributed by atoms with van der Waals surface area (Å²) < 4.78 is 10.7. The average molecular weight is 348 g/mol. The molecule has 1 aliphatic rings. The minimum atomic E-state index is -1.06. The average Bonchev–Trinajstić information content (AvgIpc) is 3.24. The van der Waals surface area contributed by atoms with Crippen molar-refractivity contribution >= 4 is 28.9 Å². The summed E-state index contributed by atoms with van der Waals surface area (Å²) in [7, 11) is 0. The third-order valence-corrected chi connectivity index (χ3v) is 4.49. The number of nitrogens with zero attached hydrogens (tertiary/aromatic N) is 1. The Labute approximate surface area is 142 Å². The lowest BCUT2D eigenvalue weighted by Crippen LogP contribution is -2.11. The van der Waals surface area contributed by atoms with Crippen molar-refractivity contribution in [3.05, 3.63) is 40.3 Å². The number of anilines is 1. The molecule has 1 aromatic heterocycles. The first-order chi connectivity index (χ1) is 11.6. The van der Waals surface area contributed by atoms with Gasteiger partial charge in [-0.3, -0.25) is 4.79 Å². The van der Waals surface area contributed by atoms with Crippen LogP contribution in [0, 0.1) is 0 Å². The van der Waals surface area contributed by atoms with Gasteiger partial charge in [0.2, 0.25) is 0 Å². The molecule has 126 valence electrons.